The summed E-state index contributed by atoms with van der Waals surface area (Å²) in [5.41, 5.74) is 0. The largest absolute Gasteiger partial charge is 0.393 e. The molecule has 1 saturated carbocycles. The average molecular weight is 310 g/mol. The second kappa shape index (κ2) is 9.36. The fourth-order valence-electron chi connectivity index (χ4n) is 3.44. The highest BCUT2D eigenvalue weighted by molar-refractivity contribution is 5.80. The molecule has 0 amide bonds. The third kappa shape index (κ3) is 6.13. The van der Waals surface area contributed by atoms with Gasteiger partial charge < -0.3 is 20.6 Å². The van der Waals surface area contributed by atoms with Gasteiger partial charge in [0.05, 0.1) is 6.10 Å². The summed E-state index contributed by atoms with van der Waals surface area (Å²) >= 11 is 0. The van der Waals surface area contributed by atoms with E-state index in [0.29, 0.717) is 12.0 Å². The third-order valence-electron chi connectivity index (χ3n) is 4.71. The van der Waals surface area contributed by atoms with Gasteiger partial charge in [-0.15, -0.1) is 0 Å². The monoisotopic (exact) mass is 310 g/mol. The van der Waals surface area contributed by atoms with Gasteiger partial charge in [0.1, 0.15) is 0 Å². The predicted molar refractivity (Wildman–Crippen MR) is 92.2 cm³/mol. The SMILES string of the molecule is CCNC(=NCC(C)CN1CCCC1)NC1CCC(O)CC1. The lowest BCUT2D eigenvalue weighted by atomic mass is 9.93. The van der Waals surface area contributed by atoms with Crippen molar-refractivity contribution in [3.63, 3.8) is 0 Å². The molecule has 1 heterocycles. The minimum atomic E-state index is -0.0990. The second-order valence-electron chi connectivity index (χ2n) is 6.98. The summed E-state index contributed by atoms with van der Waals surface area (Å²) in [4.78, 5) is 7.33. The van der Waals surface area contributed by atoms with Gasteiger partial charge in [0, 0.05) is 25.7 Å². The molecule has 0 aromatic heterocycles. The Bertz CT molecular complexity index is 334. The molecular weight excluding hydrogens is 276 g/mol. The van der Waals surface area contributed by atoms with Crippen molar-refractivity contribution in [2.45, 2.75) is 64.5 Å². The van der Waals surface area contributed by atoms with Crippen LogP contribution in [0.1, 0.15) is 52.4 Å². The van der Waals surface area contributed by atoms with Crippen LogP contribution in [0.3, 0.4) is 0 Å². The number of guanidine groups is 1. The van der Waals surface area contributed by atoms with Crippen LogP contribution in [0, 0.1) is 5.92 Å². The van der Waals surface area contributed by atoms with Crippen LogP contribution in [0.2, 0.25) is 0 Å². The van der Waals surface area contributed by atoms with Crippen molar-refractivity contribution in [1.29, 1.82) is 0 Å². The molecule has 5 nitrogen and oxygen atoms in total. The molecule has 0 spiro atoms. The van der Waals surface area contributed by atoms with Crippen molar-refractivity contribution < 1.29 is 5.11 Å². The summed E-state index contributed by atoms with van der Waals surface area (Å²) in [5.74, 6) is 1.54. The van der Waals surface area contributed by atoms with Gasteiger partial charge in [0.15, 0.2) is 5.96 Å². The van der Waals surface area contributed by atoms with E-state index in [1.165, 1.54) is 32.5 Å². The maximum atomic E-state index is 9.60. The van der Waals surface area contributed by atoms with Crippen molar-refractivity contribution in [2.75, 3.05) is 32.7 Å². The van der Waals surface area contributed by atoms with E-state index in [4.69, 9.17) is 4.99 Å². The van der Waals surface area contributed by atoms with Crippen LogP contribution in [0.25, 0.3) is 0 Å². The van der Waals surface area contributed by atoms with E-state index < -0.39 is 0 Å². The van der Waals surface area contributed by atoms with Crippen LogP contribution in [0.15, 0.2) is 4.99 Å². The van der Waals surface area contributed by atoms with E-state index in [1.807, 2.05) is 0 Å². The van der Waals surface area contributed by atoms with Crippen molar-refractivity contribution >= 4 is 5.96 Å². The summed E-state index contributed by atoms with van der Waals surface area (Å²) in [5, 5.41) is 16.5. The van der Waals surface area contributed by atoms with Crippen molar-refractivity contribution in [3.05, 3.63) is 0 Å². The number of aliphatic imine (C=N–C) groups is 1. The molecule has 0 aromatic carbocycles. The fraction of sp³-hybridized carbons (Fsp3) is 0.941. The van der Waals surface area contributed by atoms with Gasteiger partial charge in [-0.1, -0.05) is 6.92 Å². The molecule has 5 heteroatoms. The summed E-state index contributed by atoms with van der Waals surface area (Å²) in [6.45, 7) is 9.85. The molecule has 1 aliphatic carbocycles. The highest BCUT2D eigenvalue weighted by Gasteiger charge is 2.20. The first-order valence-corrected chi connectivity index (χ1v) is 9.12. The van der Waals surface area contributed by atoms with Gasteiger partial charge >= 0.3 is 0 Å². The zero-order valence-corrected chi connectivity index (χ0v) is 14.4. The van der Waals surface area contributed by atoms with E-state index >= 15 is 0 Å². The molecule has 2 rings (SSSR count). The van der Waals surface area contributed by atoms with E-state index in [1.54, 1.807) is 0 Å². The Balaban J connectivity index is 1.75. The van der Waals surface area contributed by atoms with Crippen LogP contribution < -0.4 is 10.6 Å². The summed E-state index contributed by atoms with van der Waals surface area (Å²) < 4.78 is 0. The Morgan fingerprint density at radius 3 is 2.55 bits per heavy atom. The maximum absolute atomic E-state index is 9.60. The fourth-order valence-corrected chi connectivity index (χ4v) is 3.44. The molecule has 0 bridgehead atoms. The summed E-state index contributed by atoms with van der Waals surface area (Å²) in [7, 11) is 0. The minimum absolute atomic E-state index is 0.0990. The lowest BCUT2D eigenvalue weighted by molar-refractivity contribution is 0.120. The first-order chi connectivity index (χ1) is 10.7. The summed E-state index contributed by atoms with van der Waals surface area (Å²) in [6.07, 6.45) is 6.49. The Morgan fingerprint density at radius 1 is 1.23 bits per heavy atom. The molecule has 3 N–H and O–H groups in total. The Morgan fingerprint density at radius 2 is 1.91 bits per heavy atom. The van der Waals surface area contributed by atoms with Gasteiger partial charge in [0.2, 0.25) is 0 Å². The van der Waals surface area contributed by atoms with Crippen molar-refractivity contribution in [3.8, 4) is 0 Å². The first-order valence-electron chi connectivity index (χ1n) is 9.12. The molecule has 0 radical (unpaired) electrons. The number of nitrogens with zero attached hydrogens (tertiary/aromatic N) is 2. The molecule has 1 saturated heterocycles. The molecule has 1 aliphatic heterocycles. The predicted octanol–water partition coefficient (Wildman–Crippen LogP) is 1.58. The van der Waals surface area contributed by atoms with Gasteiger partial charge in [-0.2, -0.15) is 0 Å². The quantitative estimate of drug-likeness (QED) is 0.515. The number of rotatable bonds is 6. The second-order valence-corrected chi connectivity index (χ2v) is 6.98. The molecule has 22 heavy (non-hydrogen) atoms. The zero-order chi connectivity index (χ0) is 15.8. The van der Waals surface area contributed by atoms with Crippen LogP contribution in [0.5, 0.6) is 0 Å². The number of aliphatic hydroxyl groups excluding tert-OH is 1. The Kier molecular flexibility index (Phi) is 7.46. The number of hydrogen-bond acceptors (Lipinski definition) is 3. The van der Waals surface area contributed by atoms with Crippen LogP contribution >= 0.6 is 0 Å². The molecular formula is C17H34N4O. The van der Waals surface area contributed by atoms with Gasteiger partial charge in [-0.25, -0.2) is 0 Å². The van der Waals surface area contributed by atoms with Crippen LogP contribution in [0.4, 0.5) is 0 Å². The van der Waals surface area contributed by atoms with Gasteiger partial charge in [0.25, 0.3) is 0 Å². The van der Waals surface area contributed by atoms with Gasteiger partial charge in [-0.3, -0.25) is 4.99 Å². The maximum Gasteiger partial charge on any atom is 0.191 e. The molecule has 2 fully saturated rings. The summed E-state index contributed by atoms with van der Waals surface area (Å²) in [6, 6.07) is 0.454. The zero-order valence-electron chi connectivity index (χ0n) is 14.4. The third-order valence-corrected chi connectivity index (χ3v) is 4.71. The normalized spacial score (nSPS) is 28.6. The van der Waals surface area contributed by atoms with E-state index in [2.05, 4.69) is 29.4 Å². The smallest absolute Gasteiger partial charge is 0.191 e. The average Bonchev–Trinajstić information content (AvgIpc) is 3.00. The molecule has 2 aliphatic rings. The standard InChI is InChI=1S/C17H34N4O/c1-3-18-17(20-15-6-8-16(22)9-7-15)19-12-14(2)13-21-10-4-5-11-21/h14-16,22H,3-13H2,1-2H3,(H2,18,19,20). The number of likely N-dealkylation sites (tertiary alicyclic amines) is 1. The molecule has 1 atom stereocenters. The van der Waals surface area contributed by atoms with E-state index in [0.717, 1.165) is 44.7 Å². The Hall–Kier alpha value is -0.810. The minimum Gasteiger partial charge on any atom is -0.393 e. The van der Waals surface area contributed by atoms with E-state index in [9.17, 15) is 5.11 Å². The molecule has 128 valence electrons. The van der Waals surface area contributed by atoms with Crippen molar-refractivity contribution in [1.82, 2.24) is 15.5 Å². The molecule has 1 unspecified atom stereocenters. The first kappa shape index (κ1) is 17.5. The number of aliphatic hydroxyl groups is 1. The van der Waals surface area contributed by atoms with E-state index in [-0.39, 0.29) is 6.10 Å². The highest BCUT2D eigenvalue weighted by atomic mass is 16.3. The lowest BCUT2D eigenvalue weighted by Crippen LogP contribution is -2.45. The topological polar surface area (TPSA) is 59.9 Å². The number of nitrogens with one attached hydrogen (secondary N) is 2. The van der Waals surface area contributed by atoms with Crippen LogP contribution in [-0.2, 0) is 0 Å². The van der Waals surface area contributed by atoms with Gasteiger partial charge in [-0.05, 0) is 64.5 Å². The Labute approximate surface area is 135 Å². The van der Waals surface area contributed by atoms with Crippen LogP contribution in [-0.4, -0.2) is 60.8 Å². The van der Waals surface area contributed by atoms with Crippen molar-refractivity contribution in [2.24, 2.45) is 10.9 Å². The highest BCUT2D eigenvalue weighted by Crippen LogP contribution is 2.18. The molecule has 0 aromatic rings. The number of hydrogen-bond donors (Lipinski definition) is 3. The lowest BCUT2D eigenvalue weighted by Gasteiger charge is -2.28.